The monoisotopic (exact) mass is 435 g/mol. The van der Waals surface area contributed by atoms with E-state index in [1.54, 1.807) is 6.07 Å². The molecule has 0 N–H and O–H groups in total. The second kappa shape index (κ2) is 10.5. The first-order valence-corrected chi connectivity index (χ1v) is 11.3. The van der Waals surface area contributed by atoms with Crippen LogP contribution >= 0.6 is 11.6 Å². The summed E-state index contributed by atoms with van der Waals surface area (Å²) >= 11 is 6.10. The van der Waals surface area contributed by atoms with E-state index in [2.05, 4.69) is 0 Å². The summed E-state index contributed by atoms with van der Waals surface area (Å²) in [5.41, 5.74) is -0.378. The predicted octanol–water partition coefficient (Wildman–Crippen LogP) is 3.29. The number of likely N-dealkylation sites (N-methyl/N-ethyl adjacent to an activating group) is 1. The highest BCUT2D eigenvalue weighted by Crippen LogP contribution is 2.36. The zero-order valence-corrected chi connectivity index (χ0v) is 19.0. The molecule has 0 aliphatic carbocycles. The van der Waals surface area contributed by atoms with Crippen LogP contribution in [-0.4, -0.2) is 79.9 Å². The number of carbonyl (C=O) groups excluding carboxylic acids is 2. The Morgan fingerprint density at radius 3 is 2.50 bits per heavy atom. The van der Waals surface area contributed by atoms with Crippen molar-refractivity contribution >= 4 is 23.4 Å². The van der Waals surface area contributed by atoms with E-state index in [1.807, 2.05) is 47.0 Å². The van der Waals surface area contributed by atoms with Crippen LogP contribution in [0.2, 0.25) is 5.02 Å². The molecule has 2 amide bonds. The summed E-state index contributed by atoms with van der Waals surface area (Å²) in [6, 6.07) is 7.34. The summed E-state index contributed by atoms with van der Waals surface area (Å²) in [5, 5.41) is 0.623. The number of halogens is 1. The van der Waals surface area contributed by atoms with Crippen LogP contribution in [0.4, 0.5) is 0 Å². The highest BCUT2D eigenvalue weighted by molar-refractivity contribution is 6.30. The van der Waals surface area contributed by atoms with E-state index in [1.165, 1.54) is 6.42 Å². The van der Waals surface area contributed by atoms with Crippen LogP contribution in [0.15, 0.2) is 24.3 Å². The molecule has 2 aliphatic rings. The molecule has 2 saturated heterocycles. The summed E-state index contributed by atoms with van der Waals surface area (Å²) in [6.45, 7) is 3.76. The topological polar surface area (TPSA) is 53.1 Å². The van der Waals surface area contributed by atoms with E-state index >= 15 is 0 Å². The molecule has 2 heterocycles. The largest absolute Gasteiger partial charge is 0.493 e. The van der Waals surface area contributed by atoms with Crippen molar-refractivity contribution in [3.05, 3.63) is 29.3 Å². The molecule has 0 saturated carbocycles. The molecule has 30 heavy (non-hydrogen) atoms. The fraction of sp³-hybridized carbons (Fsp3) is 0.652. The van der Waals surface area contributed by atoms with Gasteiger partial charge in [-0.15, -0.1) is 0 Å². The number of amides is 2. The second-order valence-electron chi connectivity index (χ2n) is 9.02. The quantitative estimate of drug-likeness (QED) is 0.659. The number of carbonyl (C=O) groups is 2. The number of hydrogen-bond acceptors (Lipinski definition) is 4. The average molecular weight is 436 g/mol. The molecule has 1 atom stereocenters. The summed E-state index contributed by atoms with van der Waals surface area (Å²) in [7, 11) is 3.80. The van der Waals surface area contributed by atoms with E-state index in [-0.39, 0.29) is 17.2 Å². The number of ether oxygens (including phenoxy) is 1. The molecule has 1 aromatic carbocycles. The Bertz CT molecular complexity index is 736. The van der Waals surface area contributed by atoms with E-state index < -0.39 is 0 Å². The Balaban J connectivity index is 1.74. The minimum absolute atomic E-state index is 0.109. The van der Waals surface area contributed by atoms with Crippen LogP contribution in [0.1, 0.15) is 38.5 Å². The first-order valence-electron chi connectivity index (χ1n) is 11.0. The molecule has 0 radical (unpaired) electrons. The summed E-state index contributed by atoms with van der Waals surface area (Å²) in [6.07, 6.45) is 5.51. The van der Waals surface area contributed by atoms with Gasteiger partial charge in [-0.05, 0) is 64.4 Å². The number of rotatable bonds is 7. The third kappa shape index (κ3) is 6.35. The Hall–Kier alpha value is -1.79. The average Bonchev–Trinajstić information content (AvgIpc) is 2.73. The smallest absolute Gasteiger partial charge is 0.236 e. The number of benzene rings is 1. The van der Waals surface area contributed by atoms with Crippen molar-refractivity contribution in [2.24, 2.45) is 5.41 Å². The molecule has 0 spiro atoms. The zero-order chi connectivity index (χ0) is 21.6. The Morgan fingerprint density at radius 1 is 1.07 bits per heavy atom. The Kier molecular flexibility index (Phi) is 8.00. The standard InChI is InChI=1S/C23H34ClN3O3/c1-25(2)16-22(29)27-13-7-10-23(17-27,15-21(28)26-11-4-3-5-12-26)18-30-20-9-6-8-19(24)14-20/h6,8-9,14H,3-5,7,10-13,15-18H2,1-2H3. The van der Waals surface area contributed by atoms with Crippen LogP contribution in [0, 0.1) is 5.41 Å². The predicted molar refractivity (Wildman–Crippen MR) is 119 cm³/mol. The number of likely N-dealkylation sites (tertiary alicyclic amines) is 2. The molecule has 1 aromatic rings. The van der Waals surface area contributed by atoms with E-state index in [4.69, 9.17) is 16.3 Å². The fourth-order valence-electron chi connectivity index (χ4n) is 4.47. The molecule has 2 fully saturated rings. The van der Waals surface area contributed by atoms with Crippen molar-refractivity contribution in [2.45, 2.75) is 38.5 Å². The maximum Gasteiger partial charge on any atom is 0.236 e. The zero-order valence-electron chi connectivity index (χ0n) is 18.2. The van der Waals surface area contributed by atoms with Gasteiger partial charge in [0, 0.05) is 43.0 Å². The third-order valence-electron chi connectivity index (χ3n) is 6.04. The van der Waals surface area contributed by atoms with E-state index in [9.17, 15) is 9.59 Å². The number of hydrogen-bond donors (Lipinski definition) is 0. The van der Waals surface area contributed by atoms with Crippen molar-refractivity contribution in [1.29, 1.82) is 0 Å². The Morgan fingerprint density at radius 2 is 1.80 bits per heavy atom. The van der Waals surface area contributed by atoms with Crippen molar-refractivity contribution in [3.8, 4) is 5.75 Å². The van der Waals surface area contributed by atoms with Crippen LogP contribution < -0.4 is 4.74 Å². The lowest BCUT2D eigenvalue weighted by Gasteiger charge is -2.43. The van der Waals surface area contributed by atoms with Gasteiger partial charge in [0.2, 0.25) is 11.8 Å². The first kappa shape index (κ1) is 22.9. The van der Waals surface area contributed by atoms with Crippen LogP contribution in [0.3, 0.4) is 0 Å². The van der Waals surface area contributed by atoms with Gasteiger partial charge in [-0.1, -0.05) is 17.7 Å². The lowest BCUT2D eigenvalue weighted by molar-refractivity contribution is -0.142. The lowest BCUT2D eigenvalue weighted by Crippen LogP contribution is -2.52. The summed E-state index contributed by atoms with van der Waals surface area (Å²) in [5.74, 6) is 0.993. The highest BCUT2D eigenvalue weighted by atomic mass is 35.5. The minimum atomic E-state index is -0.378. The van der Waals surface area contributed by atoms with E-state index in [0.29, 0.717) is 36.9 Å². The van der Waals surface area contributed by atoms with Gasteiger partial charge in [0.1, 0.15) is 5.75 Å². The molecule has 2 aliphatic heterocycles. The number of nitrogens with zero attached hydrogens (tertiary/aromatic N) is 3. The van der Waals surface area contributed by atoms with Gasteiger partial charge >= 0.3 is 0 Å². The van der Waals surface area contributed by atoms with Crippen molar-refractivity contribution in [2.75, 3.05) is 53.4 Å². The van der Waals surface area contributed by atoms with Crippen LogP contribution in [0.25, 0.3) is 0 Å². The minimum Gasteiger partial charge on any atom is -0.493 e. The third-order valence-corrected chi connectivity index (χ3v) is 6.28. The van der Waals surface area contributed by atoms with Crippen molar-refractivity contribution in [3.63, 3.8) is 0 Å². The molecular weight excluding hydrogens is 402 g/mol. The fourth-order valence-corrected chi connectivity index (χ4v) is 4.65. The van der Waals surface area contributed by atoms with Gasteiger partial charge < -0.3 is 19.4 Å². The second-order valence-corrected chi connectivity index (χ2v) is 9.46. The Labute approximate surface area is 185 Å². The van der Waals surface area contributed by atoms with Gasteiger partial charge in [0.15, 0.2) is 0 Å². The van der Waals surface area contributed by atoms with E-state index in [0.717, 1.165) is 45.3 Å². The molecule has 0 aromatic heterocycles. The van der Waals surface area contributed by atoms with Gasteiger partial charge in [-0.3, -0.25) is 9.59 Å². The van der Waals surface area contributed by atoms with Crippen LogP contribution in [0.5, 0.6) is 5.75 Å². The van der Waals surface area contributed by atoms with Crippen LogP contribution in [-0.2, 0) is 9.59 Å². The maximum absolute atomic E-state index is 13.1. The molecule has 6 nitrogen and oxygen atoms in total. The number of piperidine rings is 2. The molecule has 1 unspecified atom stereocenters. The lowest BCUT2D eigenvalue weighted by atomic mass is 9.77. The normalized spacial score (nSPS) is 22.3. The van der Waals surface area contributed by atoms with Crippen molar-refractivity contribution in [1.82, 2.24) is 14.7 Å². The molecular formula is C23H34ClN3O3. The summed E-state index contributed by atoms with van der Waals surface area (Å²) in [4.78, 5) is 31.7. The van der Waals surface area contributed by atoms with Gasteiger partial charge in [-0.2, -0.15) is 0 Å². The van der Waals surface area contributed by atoms with Crippen molar-refractivity contribution < 1.29 is 14.3 Å². The maximum atomic E-state index is 13.1. The highest BCUT2D eigenvalue weighted by Gasteiger charge is 2.41. The summed E-state index contributed by atoms with van der Waals surface area (Å²) < 4.78 is 6.12. The molecule has 0 bridgehead atoms. The SMILES string of the molecule is CN(C)CC(=O)N1CCCC(COc2cccc(Cl)c2)(CC(=O)N2CCCCC2)C1. The first-order chi connectivity index (χ1) is 14.4. The molecule has 7 heteroatoms. The van der Waals surface area contributed by atoms with Gasteiger partial charge in [0.25, 0.3) is 0 Å². The van der Waals surface area contributed by atoms with Gasteiger partial charge in [0.05, 0.1) is 13.2 Å². The van der Waals surface area contributed by atoms with Gasteiger partial charge in [-0.25, -0.2) is 0 Å². The molecule has 166 valence electrons. The molecule has 3 rings (SSSR count).